The van der Waals surface area contributed by atoms with Gasteiger partial charge in [-0.25, -0.2) is 13.1 Å². The van der Waals surface area contributed by atoms with Gasteiger partial charge in [-0.3, -0.25) is 0 Å². The fourth-order valence-corrected chi connectivity index (χ4v) is 5.38. The van der Waals surface area contributed by atoms with Gasteiger partial charge >= 0.3 is 0 Å². The molecule has 2 aromatic carbocycles. The highest BCUT2D eigenvalue weighted by atomic mass is 32.2. The first-order chi connectivity index (χ1) is 13.5. The van der Waals surface area contributed by atoms with E-state index in [9.17, 15) is 13.2 Å². The van der Waals surface area contributed by atoms with Crippen molar-refractivity contribution < 1.29 is 13.2 Å². The van der Waals surface area contributed by atoms with Crippen LogP contribution in [0, 0.1) is 5.92 Å². The molecule has 0 aliphatic heterocycles. The van der Waals surface area contributed by atoms with E-state index in [0.29, 0.717) is 12.8 Å². The number of sulfonamides is 1. The number of carbonyl (C=O) groups is 1. The molecule has 3 aromatic rings. The van der Waals surface area contributed by atoms with Crippen LogP contribution in [-0.4, -0.2) is 25.3 Å². The van der Waals surface area contributed by atoms with Crippen molar-refractivity contribution in [2.45, 2.75) is 36.6 Å². The third kappa shape index (κ3) is 3.62. The van der Waals surface area contributed by atoms with Gasteiger partial charge in [0.25, 0.3) is 0 Å². The third-order valence-electron chi connectivity index (χ3n) is 5.68. The molecule has 4 rings (SSSR count). The van der Waals surface area contributed by atoms with Crippen molar-refractivity contribution in [2.24, 2.45) is 13.0 Å². The average molecular weight is 397 g/mol. The van der Waals surface area contributed by atoms with Gasteiger partial charge < -0.3 is 9.36 Å². The summed E-state index contributed by atoms with van der Waals surface area (Å²) in [5.41, 5.74) is 3.13. The molecular formula is C22H24N2O3S. The number of aryl methyl sites for hydroxylation is 1. The maximum Gasteiger partial charge on any atom is 0.240 e. The smallest absolute Gasteiger partial charge is 0.240 e. The molecule has 1 aromatic heterocycles. The van der Waals surface area contributed by atoms with Gasteiger partial charge in [0.05, 0.1) is 4.90 Å². The molecule has 0 atom stereocenters. The SMILES string of the molecule is Cn1c(-c2ccccc2)cc2cc(S(=O)(=O)NC3CCC(C=O)CC3)ccc21. The fraction of sp³-hybridized carbons (Fsp3) is 0.318. The maximum absolute atomic E-state index is 12.9. The van der Waals surface area contributed by atoms with Gasteiger partial charge in [-0.2, -0.15) is 0 Å². The number of hydrogen-bond donors (Lipinski definition) is 1. The number of carbonyl (C=O) groups excluding carboxylic acids is 1. The molecule has 28 heavy (non-hydrogen) atoms. The highest BCUT2D eigenvalue weighted by Crippen LogP contribution is 2.29. The van der Waals surface area contributed by atoms with E-state index in [-0.39, 0.29) is 16.9 Å². The quantitative estimate of drug-likeness (QED) is 0.666. The van der Waals surface area contributed by atoms with E-state index in [2.05, 4.69) is 9.29 Å². The molecule has 1 fully saturated rings. The summed E-state index contributed by atoms with van der Waals surface area (Å²) in [5.74, 6) is 0.0674. The van der Waals surface area contributed by atoms with E-state index in [1.54, 1.807) is 12.1 Å². The Hall–Kier alpha value is -2.44. The molecular weight excluding hydrogens is 372 g/mol. The zero-order valence-electron chi connectivity index (χ0n) is 15.8. The predicted octanol–water partition coefficient (Wildman–Crippen LogP) is 3.88. The van der Waals surface area contributed by atoms with E-state index in [0.717, 1.165) is 41.3 Å². The summed E-state index contributed by atoms with van der Waals surface area (Å²) in [6, 6.07) is 17.2. The summed E-state index contributed by atoms with van der Waals surface area (Å²) in [7, 11) is -1.60. The standard InChI is InChI=1S/C22H24N2O3S/c1-24-21-12-11-20(13-18(21)14-22(24)17-5-3-2-4-6-17)28(26,27)23-19-9-7-16(15-25)8-10-19/h2-6,11-16,19,23H,7-10H2,1H3. The van der Waals surface area contributed by atoms with E-state index in [4.69, 9.17) is 0 Å². The Bertz CT molecular complexity index is 1100. The minimum Gasteiger partial charge on any atom is -0.344 e. The molecule has 6 heteroatoms. The van der Waals surface area contributed by atoms with Crippen LogP contribution in [0.25, 0.3) is 22.2 Å². The molecule has 1 heterocycles. The van der Waals surface area contributed by atoms with Gasteiger partial charge in [0, 0.05) is 35.6 Å². The van der Waals surface area contributed by atoms with E-state index >= 15 is 0 Å². The van der Waals surface area contributed by atoms with Crippen LogP contribution in [0.5, 0.6) is 0 Å². The Morgan fingerprint density at radius 1 is 1.00 bits per heavy atom. The average Bonchev–Trinajstić information content (AvgIpc) is 3.05. The van der Waals surface area contributed by atoms with Crippen molar-refractivity contribution in [3.05, 3.63) is 54.6 Å². The lowest BCUT2D eigenvalue weighted by Gasteiger charge is -2.26. The Kier molecular flexibility index (Phi) is 5.08. The van der Waals surface area contributed by atoms with Crippen LogP contribution in [0.15, 0.2) is 59.5 Å². The van der Waals surface area contributed by atoms with Crippen LogP contribution in [0.1, 0.15) is 25.7 Å². The number of fused-ring (bicyclic) bond motifs is 1. The number of rotatable bonds is 5. The fourth-order valence-electron chi connectivity index (χ4n) is 4.04. The van der Waals surface area contributed by atoms with Crippen LogP contribution in [0.3, 0.4) is 0 Å². The maximum atomic E-state index is 12.9. The zero-order chi connectivity index (χ0) is 19.7. The second-order valence-corrected chi connectivity index (χ2v) is 9.26. The molecule has 5 nitrogen and oxygen atoms in total. The van der Waals surface area contributed by atoms with Gasteiger partial charge in [0.2, 0.25) is 10.0 Å². The minimum atomic E-state index is -3.59. The number of nitrogens with one attached hydrogen (secondary N) is 1. The summed E-state index contributed by atoms with van der Waals surface area (Å²) in [4.78, 5) is 11.2. The minimum absolute atomic E-state index is 0.0674. The van der Waals surface area contributed by atoms with Gasteiger partial charge in [0.1, 0.15) is 6.29 Å². The number of hydrogen-bond acceptors (Lipinski definition) is 3. The lowest BCUT2D eigenvalue weighted by atomic mass is 9.87. The first-order valence-corrected chi connectivity index (χ1v) is 11.1. The van der Waals surface area contributed by atoms with Gasteiger partial charge in [0.15, 0.2) is 0 Å². The summed E-state index contributed by atoms with van der Waals surface area (Å²) >= 11 is 0. The Balaban J connectivity index is 1.61. The Labute approximate surface area is 165 Å². The first-order valence-electron chi connectivity index (χ1n) is 9.60. The normalized spacial score (nSPS) is 20.3. The van der Waals surface area contributed by atoms with E-state index in [1.807, 2.05) is 49.5 Å². The van der Waals surface area contributed by atoms with Crippen LogP contribution < -0.4 is 4.72 Å². The number of benzene rings is 2. The van der Waals surface area contributed by atoms with Crippen LogP contribution in [0.2, 0.25) is 0 Å². The van der Waals surface area contributed by atoms with Crippen molar-refractivity contribution in [1.29, 1.82) is 0 Å². The molecule has 0 unspecified atom stereocenters. The lowest BCUT2D eigenvalue weighted by molar-refractivity contribution is -0.111. The molecule has 1 aliphatic rings. The van der Waals surface area contributed by atoms with Crippen molar-refractivity contribution in [1.82, 2.24) is 9.29 Å². The molecule has 0 radical (unpaired) electrons. The molecule has 0 spiro atoms. The molecule has 1 saturated carbocycles. The molecule has 1 aliphatic carbocycles. The Morgan fingerprint density at radius 2 is 1.71 bits per heavy atom. The second-order valence-electron chi connectivity index (χ2n) is 7.54. The number of nitrogens with zero attached hydrogens (tertiary/aromatic N) is 1. The summed E-state index contributed by atoms with van der Waals surface area (Å²) in [5, 5.41) is 0.897. The highest BCUT2D eigenvalue weighted by molar-refractivity contribution is 7.89. The van der Waals surface area contributed by atoms with Gasteiger partial charge in [-0.05, 0) is 55.5 Å². The van der Waals surface area contributed by atoms with Gasteiger partial charge in [-0.15, -0.1) is 0 Å². The van der Waals surface area contributed by atoms with Crippen LogP contribution >= 0.6 is 0 Å². The first kappa shape index (κ1) is 18.9. The molecule has 0 bridgehead atoms. The number of aromatic nitrogens is 1. The molecule has 146 valence electrons. The van der Waals surface area contributed by atoms with Crippen molar-refractivity contribution in [3.63, 3.8) is 0 Å². The molecule has 1 N–H and O–H groups in total. The summed E-state index contributed by atoms with van der Waals surface area (Å²) in [6.45, 7) is 0. The van der Waals surface area contributed by atoms with E-state index < -0.39 is 10.0 Å². The zero-order valence-corrected chi connectivity index (χ0v) is 16.7. The van der Waals surface area contributed by atoms with E-state index in [1.165, 1.54) is 0 Å². The monoisotopic (exact) mass is 396 g/mol. The Morgan fingerprint density at radius 3 is 2.39 bits per heavy atom. The van der Waals surface area contributed by atoms with Crippen molar-refractivity contribution >= 4 is 27.2 Å². The molecule has 0 saturated heterocycles. The predicted molar refractivity (Wildman–Crippen MR) is 110 cm³/mol. The third-order valence-corrected chi connectivity index (χ3v) is 7.20. The second kappa shape index (κ2) is 7.53. The highest BCUT2D eigenvalue weighted by Gasteiger charge is 2.26. The van der Waals surface area contributed by atoms with Crippen molar-refractivity contribution in [3.8, 4) is 11.3 Å². The van der Waals surface area contributed by atoms with Crippen LogP contribution in [0.4, 0.5) is 0 Å². The summed E-state index contributed by atoms with van der Waals surface area (Å²) in [6.07, 6.45) is 3.88. The van der Waals surface area contributed by atoms with Crippen molar-refractivity contribution in [2.75, 3.05) is 0 Å². The molecule has 0 amide bonds. The van der Waals surface area contributed by atoms with Crippen LogP contribution in [-0.2, 0) is 21.9 Å². The lowest BCUT2D eigenvalue weighted by Crippen LogP contribution is -2.37. The summed E-state index contributed by atoms with van der Waals surface area (Å²) < 4.78 is 30.6. The van der Waals surface area contributed by atoms with Gasteiger partial charge in [-0.1, -0.05) is 30.3 Å². The number of aldehydes is 1. The largest absolute Gasteiger partial charge is 0.344 e. The topological polar surface area (TPSA) is 68.2 Å².